The molecule has 9 heteroatoms. The SMILES string of the molecule is CCCOc1cccc(CN=C(NCC)NC2CCc3nc(COC)nn3C2)c1.I. The van der Waals surface area contributed by atoms with Crippen LogP contribution in [0.25, 0.3) is 0 Å². The van der Waals surface area contributed by atoms with E-state index in [0.29, 0.717) is 13.2 Å². The number of aromatic nitrogens is 3. The fourth-order valence-electron chi connectivity index (χ4n) is 3.31. The van der Waals surface area contributed by atoms with Crippen LogP contribution in [-0.4, -0.2) is 47.0 Å². The summed E-state index contributed by atoms with van der Waals surface area (Å²) in [6.07, 6.45) is 2.89. The Labute approximate surface area is 195 Å². The highest BCUT2D eigenvalue weighted by atomic mass is 127. The first-order valence-corrected chi connectivity index (χ1v) is 10.4. The number of guanidine groups is 1. The summed E-state index contributed by atoms with van der Waals surface area (Å²) in [5.41, 5.74) is 1.13. The van der Waals surface area contributed by atoms with Gasteiger partial charge in [0.05, 0.1) is 19.7 Å². The predicted molar refractivity (Wildman–Crippen MR) is 128 cm³/mol. The second-order valence-electron chi connectivity index (χ2n) is 7.13. The van der Waals surface area contributed by atoms with Gasteiger partial charge in [0, 0.05) is 26.1 Å². The van der Waals surface area contributed by atoms with E-state index in [1.807, 2.05) is 16.8 Å². The first kappa shape index (κ1) is 24.4. The predicted octanol–water partition coefficient (Wildman–Crippen LogP) is 2.90. The maximum Gasteiger partial charge on any atom is 0.191 e. The lowest BCUT2D eigenvalue weighted by Crippen LogP contribution is -2.47. The maximum atomic E-state index is 5.72. The molecule has 0 aliphatic carbocycles. The van der Waals surface area contributed by atoms with Crippen molar-refractivity contribution in [3.8, 4) is 5.75 Å². The number of benzene rings is 1. The van der Waals surface area contributed by atoms with Crippen LogP contribution in [0.4, 0.5) is 0 Å². The Kier molecular flexibility index (Phi) is 10.4. The zero-order valence-corrected chi connectivity index (χ0v) is 20.4. The highest BCUT2D eigenvalue weighted by Crippen LogP contribution is 2.15. The molecule has 1 unspecified atom stereocenters. The maximum absolute atomic E-state index is 5.72. The van der Waals surface area contributed by atoms with Crippen molar-refractivity contribution in [2.45, 2.75) is 58.8 Å². The quantitative estimate of drug-likeness (QED) is 0.296. The molecule has 8 nitrogen and oxygen atoms in total. The normalized spacial score (nSPS) is 15.8. The number of ether oxygens (including phenoxy) is 2. The van der Waals surface area contributed by atoms with E-state index in [9.17, 15) is 0 Å². The van der Waals surface area contributed by atoms with Gasteiger partial charge in [-0.1, -0.05) is 19.1 Å². The second-order valence-corrected chi connectivity index (χ2v) is 7.13. The summed E-state index contributed by atoms with van der Waals surface area (Å²) in [7, 11) is 1.66. The third-order valence-electron chi connectivity index (χ3n) is 4.65. The van der Waals surface area contributed by atoms with Crippen molar-refractivity contribution in [1.29, 1.82) is 0 Å². The number of methoxy groups -OCH3 is 1. The van der Waals surface area contributed by atoms with Gasteiger partial charge in [-0.15, -0.1) is 24.0 Å². The molecule has 1 aliphatic rings. The second kappa shape index (κ2) is 12.7. The van der Waals surface area contributed by atoms with Crippen molar-refractivity contribution < 1.29 is 9.47 Å². The van der Waals surface area contributed by atoms with Gasteiger partial charge in [0.1, 0.15) is 18.2 Å². The molecule has 1 atom stereocenters. The third-order valence-corrected chi connectivity index (χ3v) is 4.65. The molecule has 0 fully saturated rings. The van der Waals surface area contributed by atoms with Crippen molar-refractivity contribution in [1.82, 2.24) is 25.4 Å². The van der Waals surface area contributed by atoms with E-state index in [4.69, 9.17) is 14.5 Å². The molecule has 2 N–H and O–H groups in total. The summed E-state index contributed by atoms with van der Waals surface area (Å²) in [6.45, 7) is 7.54. The van der Waals surface area contributed by atoms with Crippen LogP contribution in [0.15, 0.2) is 29.3 Å². The Morgan fingerprint density at radius 1 is 1.33 bits per heavy atom. The molecule has 0 spiro atoms. The van der Waals surface area contributed by atoms with Crippen molar-refractivity contribution in [2.75, 3.05) is 20.3 Å². The lowest BCUT2D eigenvalue weighted by atomic mass is 10.1. The van der Waals surface area contributed by atoms with Crippen molar-refractivity contribution in [2.24, 2.45) is 4.99 Å². The number of fused-ring (bicyclic) bond motifs is 1. The van der Waals surface area contributed by atoms with E-state index < -0.39 is 0 Å². The van der Waals surface area contributed by atoms with E-state index >= 15 is 0 Å². The van der Waals surface area contributed by atoms with Gasteiger partial charge in [0.2, 0.25) is 0 Å². The topological polar surface area (TPSA) is 85.6 Å². The first-order chi connectivity index (χ1) is 14.2. The number of nitrogens with one attached hydrogen (secondary N) is 2. The fourth-order valence-corrected chi connectivity index (χ4v) is 3.31. The lowest BCUT2D eigenvalue weighted by Gasteiger charge is -2.25. The average Bonchev–Trinajstić information content (AvgIpc) is 3.13. The van der Waals surface area contributed by atoms with Gasteiger partial charge in [-0.25, -0.2) is 14.7 Å². The van der Waals surface area contributed by atoms with Gasteiger partial charge < -0.3 is 20.1 Å². The summed E-state index contributed by atoms with van der Waals surface area (Å²) in [5.74, 6) is 3.49. The number of nitrogens with zero attached hydrogens (tertiary/aromatic N) is 4. The van der Waals surface area contributed by atoms with E-state index in [0.717, 1.165) is 67.9 Å². The van der Waals surface area contributed by atoms with Crippen LogP contribution >= 0.6 is 24.0 Å². The number of rotatable bonds is 9. The van der Waals surface area contributed by atoms with Gasteiger partial charge in [-0.3, -0.25) is 0 Å². The largest absolute Gasteiger partial charge is 0.494 e. The molecule has 2 heterocycles. The van der Waals surface area contributed by atoms with E-state index in [-0.39, 0.29) is 30.0 Å². The van der Waals surface area contributed by atoms with Gasteiger partial charge in [0.15, 0.2) is 11.8 Å². The van der Waals surface area contributed by atoms with E-state index in [1.165, 1.54) is 0 Å². The number of hydrogen-bond acceptors (Lipinski definition) is 5. The molecular weight excluding hydrogens is 495 g/mol. The Bertz CT molecular complexity index is 811. The molecule has 1 aromatic carbocycles. The van der Waals surface area contributed by atoms with Crippen LogP contribution in [0, 0.1) is 0 Å². The molecule has 166 valence electrons. The molecule has 0 radical (unpaired) electrons. The van der Waals surface area contributed by atoms with Crippen LogP contribution in [-0.2, 0) is 30.9 Å². The Hall–Kier alpha value is -1.88. The minimum absolute atomic E-state index is 0. The molecule has 0 amide bonds. The van der Waals surface area contributed by atoms with Crippen LogP contribution in [0.5, 0.6) is 5.75 Å². The summed E-state index contributed by atoms with van der Waals surface area (Å²) in [5, 5.41) is 11.4. The van der Waals surface area contributed by atoms with Gasteiger partial charge >= 0.3 is 0 Å². The van der Waals surface area contributed by atoms with E-state index in [2.05, 4.69) is 46.7 Å². The van der Waals surface area contributed by atoms with Gasteiger partial charge in [-0.05, 0) is 37.5 Å². The average molecular weight is 528 g/mol. The molecule has 2 aromatic rings. The van der Waals surface area contributed by atoms with Crippen LogP contribution in [0.2, 0.25) is 0 Å². The Morgan fingerprint density at radius 2 is 2.20 bits per heavy atom. The first-order valence-electron chi connectivity index (χ1n) is 10.4. The summed E-state index contributed by atoms with van der Waals surface area (Å²) < 4.78 is 12.8. The number of hydrogen-bond donors (Lipinski definition) is 2. The Morgan fingerprint density at radius 3 is 2.97 bits per heavy atom. The number of aryl methyl sites for hydroxylation is 1. The summed E-state index contributed by atoms with van der Waals surface area (Å²) >= 11 is 0. The molecule has 1 aliphatic heterocycles. The molecule has 3 rings (SSSR count). The number of aliphatic imine (C=N–C) groups is 1. The number of halogens is 1. The minimum Gasteiger partial charge on any atom is -0.494 e. The van der Waals surface area contributed by atoms with Gasteiger partial charge in [0.25, 0.3) is 0 Å². The van der Waals surface area contributed by atoms with Crippen molar-refractivity contribution >= 4 is 29.9 Å². The zero-order valence-electron chi connectivity index (χ0n) is 18.1. The highest BCUT2D eigenvalue weighted by molar-refractivity contribution is 14.0. The van der Waals surface area contributed by atoms with Crippen LogP contribution in [0.1, 0.15) is 43.9 Å². The van der Waals surface area contributed by atoms with Crippen molar-refractivity contribution in [3.63, 3.8) is 0 Å². The summed E-state index contributed by atoms with van der Waals surface area (Å²) in [4.78, 5) is 9.30. The smallest absolute Gasteiger partial charge is 0.191 e. The molecule has 0 bridgehead atoms. The van der Waals surface area contributed by atoms with E-state index in [1.54, 1.807) is 7.11 Å². The van der Waals surface area contributed by atoms with Gasteiger partial charge in [-0.2, -0.15) is 5.10 Å². The monoisotopic (exact) mass is 528 g/mol. The molecule has 0 saturated heterocycles. The Balaban J connectivity index is 0.00000320. The molecular formula is C21H33IN6O2. The molecule has 0 saturated carbocycles. The van der Waals surface area contributed by atoms with Crippen molar-refractivity contribution in [3.05, 3.63) is 41.5 Å². The van der Waals surface area contributed by atoms with Crippen LogP contribution in [0.3, 0.4) is 0 Å². The minimum atomic E-state index is 0. The third kappa shape index (κ3) is 7.12. The molecule has 30 heavy (non-hydrogen) atoms. The highest BCUT2D eigenvalue weighted by Gasteiger charge is 2.22. The summed E-state index contributed by atoms with van der Waals surface area (Å²) in [6, 6.07) is 8.40. The molecule has 1 aromatic heterocycles. The van der Waals surface area contributed by atoms with Crippen LogP contribution < -0.4 is 15.4 Å². The fraction of sp³-hybridized carbons (Fsp3) is 0.571. The standard InChI is InChI=1S/C21H32N6O2.HI/c1-4-11-29-18-8-6-7-16(12-18)13-23-21(22-5-2)24-17-9-10-20-25-19(15-28-3)26-27(20)14-17;/h6-8,12,17H,4-5,9-11,13-15H2,1-3H3,(H2,22,23,24);1H. The lowest BCUT2D eigenvalue weighted by molar-refractivity contribution is 0.177. The zero-order chi connectivity index (χ0) is 20.5.